The quantitative estimate of drug-likeness (QED) is 0.614. The molecule has 4 heteroatoms. The van der Waals surface area contributed by atoms with Gasteiger partial charge in [0.25, 0.3) is 0 Å². The third-order valence-electron chi connectivity index (χ3n) is 2.24. The Kier molecular flexibility index (Phi) is 8.55. The van der Waals surface area contributed by atoms with Gasteiger partial charge in [-0.3, -0.25) is 4.79 Å². The molecule has 0 rings (SSSR count). The molecule has 0 radical (unpaired) electrons. The normalized spacial score (nSPS) is 12.2. The van der Waals surface area contributed by atoms with E-state index in [2.05, 4.69) is 30.6 Å². The lowest BCUT2D eigenvalue weighted by Crippen LogP contribution is -2.43. The second kappa shape index (κ2) is 9.17. The van der Waals surface area contributed by atoms with Crippen LogP contribution in [0.15, 0.2) is 0 Å². The fourth-order valence-corrected chi connectivity index (χ4v) is 1.20. The molecule has 0 heterocycles. The molecular formula is C12H23N3O. The van der Waals surface area contributed by atoms with E-state index in [4.69, 9.17) is 5.26 Å². The van der Waals surface area contributed by atoms with Gasteiger partial charge >= 0.3 is 0 Å². The van der Waals surface area contributed by atoms with Crippen molar-refractivity contribution in [2.45, 2.75) is 46.1 Å². The van der Waals surface area contributed by atoms with Gasteiger partial charge in [0, 0.05) is 13.0 Å². The van der Waals surface area contributed by atoms with Crippen molar-refractivity contribution in [3.63, 3.8) is 0 Å². The van der Waals surface area contributed by atoms with E-state index < -0.39 is 0 Å². The van der Waals surface area contributed by atoms with E-state index in [1.165, 1.54) is 0 Å². The van der Waals surface area contributed by atoms with Gasteiger partial charge in [-0.1, -0.05) is 13.8 Å². The van der Waals surface area contributed by atoms with E-state index in [1.807, 2.05) is 6.92 Å². The predicted octanol–water partition coefficient (Wildman–Crippen LogP) is 1.43. The van der Waals surface area contributed by atoms with Crippen molar-refractivity contribution in [2.24, 2.45) is 5.92 Å². The minimum Gasteiger partial charge on any atom is -0.354 e. The molecule has 4 nitrogen and oxygen atoms in total. The van der Waals surface area contributed by atoms with Gasteiger partial charge in [-0.2, -0.15) is 5.26 Å². The molecule has 0 saturated heterocycles. The maximum Gasteiger partial charge on any atom is 0.236 e. The van der Waals surface area contributed by atoms with Gasteiger partial charge < -0.3 is 10.6 Å². The number of hydrogen-bond acceptors (Lipinski definition) is 3. The van der Waals surface area contributed by atoms with Crippen LogP contribution in [0, 0.1) is 17.2 Å². The molecule has 2 N–H and O–H groups in total. The Morgan fingerprint density at radius 1 is 1.31 bits per heavy atom. The number of carbonyl (C=O) groups is 1. The predicted molar refractivity (Wildman–Crippen MR) is 64.8 cm³/mol. The summed E-state index contributed by atoms with van der Waals surface area (Å²) in [7, 11) is 0. The van der Waals surface area contributed by atoms with E-state index in [0.717, 1.165) is 25.9 Å². The number of nitriles is 1. The van der Waals surface area contributed by atoms with E-state index in [9.17, 15) is 4.79 Å². The smallest absolute Gasteiger partial charge is 0.236 e. The molecule has 0 aliphatic rings. The molecule has 1 atom stereocenters. The van der Waals surface area contributed by atoms with Crippen molar-refractivity contribution in [3.05, 3.63) is 0 Å². The number of unbranched alkanes of at least 4 members (excludes halogenated alkanes) is 2. The number of nitrogens with one attached hydrogen (secondary N) is 2. The number of carbonyl (C=O) groups excluding carboxylic acids is 1. The second-order valence-corrected chi connectivity index (χ2v) is 4.43. The zero-order valence-electron chi connectivity index (χ0n) is 10.5. The highest BCUT2D eigenvalue weighted by atomic mass is 16.2. The van der Waals surface area contributed by atoms with Crippen LogP contribution in [0.25, 0.3) is 0 Å². The monoisotopic (exact) mass is 225 g/mol. The fraction of sp³-hybridized carbons (Fsp3) is 0.833. The molecule has 16 heavy (non-hydrogen) atoms. The summed E-state index contributed by atoms with van der Waals surface area (Å²) in [6, 6.07) is 1.95. The van der Waals surface area contributed by atoms with Crippen LogP contribution < -0.4 is 10.6 Å². The van der Waals surface area contributed by atoms with Gasteiger partial charge in [0.1, 0.15) is 0 Å². The Balaban J connectivity index is 3.52. The average molecular weight is 225 g/mol. The van der Waals surface area contributed by atoms with Gasteiger partial charge in [-0.05, 0) is 32.2 Å². The first-order chi connectivity index (χ1) is 7.57. The summed E-state index contributed by atoms with van der Waals surface area (Å²) < 4.78 is 0. The first kappa shape index (κ1) is 14.9. The molecule has 0 aromatic rings. The molecule has 0 aromatic carbocycles. The first-order valence-corrected chi connectivity index (χ1v) is 5.96. The first-order valence-electron chi connectivity index (χ1n) is 5.96. The zero-order valence-corrected chi connectivity index (χ0v) is 10.5. The minimum absolute atomic E-state index is 0.0500. The number of rotatable bonds is 8. The lowest BCUT2D eigenvalue weighted by molar-refractivity contribution is -0.122. The topological polar surface area (TPSA) is 64.9 Å². The van der Waals surface area contributed by atoms with Crippen LogP contribution in [-0.2, 0) is 4.79 Å². The lowest BCUT2D eigenvalue weighted by Gasteiger charge is -2.14. The molecule has 0 aliphatic heterocycles. The Hall–Kier alpha value is -1.08. The standard InChI is InChI=1S/C12H23N3O/c1-10(2)9-15-12(16)11(3)14-8-6-4-5-7-13/h10-11,14H,4-6,8-9H2,1-3H3,(H,15,16). The van der Waals surface area contributed by atoms with Crippen LogP contribution in [-0.4, -0.2) is 25.0 Å². The maximum atomic E-state index is 11.5. The third-order valence-corrected chi connectivity index (χ3v) is 2.24. The highest BCUT2D eigenvalue weighted by Crippen LogP contribution is 1.93. The molecule has 1 amide bonds. The Morgan fingerprint density at radius 2 is 2.00 bits per heavy atom. The van der Waals surface area contributed by atoms with E-state index >= 15 is 0 Å². The van der Waals surface area contributed by atoms with E-state index in [1.54, 1.807) is 0 Å². The van der Waals surface area contributed by atoms with Gasteiger partial charge in [0.2, 0.25) is 5.91 Å². The summed E-state index contributed by atoms with van der Waals surface area (Å²) in [5, 5.41) is 14.4. The highest BCUT2D eigenvalue weighted by Gasteiger charge is 2.11. The van der Waals surface area contributed by atoms with Gasteiger partial charge in [0.05, 0.1) is 12.1 Å². The van der Waals surface area contributed by atoms with Crippen molar-refractivity contribution in [1.82, 2.24) is 10.6 Å². The van der Waals surface area contributed by atoms with Gasteiger partial charge in [-0.15, -0.1) is 0 Å². The summed E-state index contributed by atoms with van der Waals surface area (Å²) in [5.74, 6) is 0.528. The van der Waals surface area contributed by atoms with Crippen molar-refractivity contribution in [3.8, 4) is 6.07 Å². The average Bonchev–Trinajstić information content (AvgIpc) is 2.25. The SMILES string of the molecule is CC(C)CNC(=O)C(C)NCCCCC#N. The van der Waals surface area contributed by atoms with Crippen LogP contribution in [0.1, 0.15) is 40.0 Å². The lowest BCUT2D eigenvalue weighted by atomic mass is 10.2. The highest BCUT2D eigenvalue weighted by molar-refractivity contribution is 5.81. The molecule has 92 valence electrons. The number of amides is 1. The van der Waals surface area contributed by atoms with Crippen LogP contribution in [0.2, 0.25) is 0 Å². The Labute approximate surface area is 98.4 Å². The summed E-state index contributed by atoms with van der Waals surface area (Å²) in [5.41, 5.74) is 0. The number of nitrogens with zero attached hydrogens (tertiary/aromatic N) is 1. The Morgan fingerprint density at radius 3 is 2.56 bits per heavy atom. The summed E-state index contributed by atoms with van der Waals surface area (Å²) in [6.45, 7) is 7.51. The summed E-state index contributed by atoms with van der Waals surface area (Å²) >= 11 is 0. The molecule has 0 spiro atoms. The Bertz CT molecular complexity index is 233. The largest absolute Gasteiger partial charge is 0.354 e. The number of hydrogen-bond donors (Lipinski definition) is 2. The minimum atomic E-state index is -0.152. The molecule has 0 aliphatic carbocycles. The van der Waals surface area contributed by atoms with Gasteiger partial charge in [0.15, 0.2) is 0 Å². The van der Waals surface area contributed by atoms with Crippen LogP contribution in [0.4, 0.5) is 0 Å². The van der Waals surface area contributed by atoms with Crippen molar-refractivity contribution >= 4 is 5.91 Å². The van der Waals surface area contributed by atoms with E-state index in [0.29, 0.717) is 12.3 Å². The second-order valence-electron chi connectivity index (χ2n) is 4.43. The van der Waals surface area contributed by atoms with Crippen LogP contribution >= 0.6 is 0 Å². The van der Waals surface area contributed by atoms with Crippen molar-refractivity contribution in [2.75, 3.05) is 13.1 Å². The molecule has 0 aromatic heterocycles. The fourth-order valence-electron chi connectivity index (χ4n) is 1.20. The van der Waals surface area contributed by atoms with Gasteiger partial charge in [-0.25, -0.2) is 0 Å². The molecule has 0 saturated carbocycles. The van der Waals surface area contributed by atoms with Crippen LogP contribution in [0.3, 0.4) is 0 Å². The molecule has 0 fully saturated rings. The van der Waals surface area contributed by atoms with Crippen molar-refractivity contribution < 1.29 is 4.79 Å². The summed E-state index contributed by atoms with van der Waals surface area (Å²) in [4.78, 5) is 11.5. The molecule has 0 bridgehead atoms. The molecule has 1 unspecified atom stereocenters. The zero-order chi connectivity index (χ0) is 12.4. The van der Waals surface area contributed by atoms with E-state index in [-0.39, 0.29) is 11.9 Å². The molecular weight excluding hydrogens is 202 g/mol. The van der Waals surface area contributed by atoms with Crippen molar-refractivity contribution in [1.29, 1.82) is 5.26 Å². The summed E-state index contributed by atoms with van der Waals surface area (Å²) in [6.07, 6.45) is 2.43. The third kappa shape index (κ3) is 8.25. The van der Waals surface area contributed by atoms with Crippen LogP contribution in [0.5, 0.6) is 0 Å². The maximum absolute atomic E-state index is 11.5.